The molecule has 4 aromatic rings. The summed E-state index contributed by atoms with van der Waals surface area (Å²) in [6, 6.07) is 20.1. The van der Waals surface area contributed by atoms with Gasteiger partial charge in [-0.1, -0.05) is 109 Å². The molecule has 4 aromatic carbocycles. The van der Waals surface area contributed by atoms with Gasteiger partial charge in [0.05, 0.1) is 0 Å². The second-order valence-electron chi connectivity index (χ2n) is 12.1. The molecule has 201 valence electrons. The van der Waals surface area contributed by atoms with Crippen molar-refractivity contribution in [1.82, 2.24) is 0 Å². The van der Waals surface area contributed by atoms with E-state index in [2.05, 4.69) is 110 Å². The molecule has 0 bridgehead atoms. The van der Waals surface area contributed by atoms with E-state index < -0.39 is 0 Å². The minimum Gasteiger partial charge on any atom is -1.00 e. The van der Waals surface area contributed by atoms with Gasteiger partial charge in [-0.2, -0.15) is 34.4 Å². The maximum Gasteiger partial charge on any atom is 4.00 e. The molecule has 0 spiro atoms. The molecule has 0 nitrogen and oxygen atoms in total. The van der Waals surface area contributed by atoms with Gasteiger partial charge in [-0.05, 0) is 35.8 Å². The van der Waals surface area contributed by atoms with E-state index in [4.69, 9.17) is 0 Å². The van der Waals surface area contributed by atoms with Crippen LogP contribution in [0, 0.1) is 27.7 Å². The zero-order chi connectivity index (χ0) is 25.5. The quantitative estimate of drug-likeness (QED) is 0.238. The summed E-state index contributed by atoms with van der Waals surface area (Å²) >= 11 is 0. The van der Waals surface area contributed by atoms with Crippen LogP contribution in [0.15, 0.2) is 48.5 Å². The van der Waals surface area contributed by atoms with Gasteiger partial charge in [-0.3, -0.25) is 0 Å². The molecule has 0 aliphatic heterocycles. The molecule has 0 N–H and O–H groups in total. The van der Waals surface area contributed by atoms with Crippen LogP contribution in [0.5, 0.6) is 0 Å². The van der Waals surface area contributed by atoms with Crippen molar-refractivity contribution in [2.75, 3.05) is 0 Å². The zero-order valence-electron chi connectivity index (χ0n) is 24.7. The number of hydrogen-bond acceptors (Lipinski definition) is 0. The summed E-state index contributed by atoms with van der Waals surface area (Å²) in [5, 5.41) is 2.85. The predicted octanol–water partition coefficient (Wildman–Crippen LogP) is 3.49. The first-order chi connectivity index (χ1) is 16.5. The third-order valence-corrected chi connectivity index (χ3v) is 8.93. The number of benzene rings is 2. The maximum atomic E-state index is 2.43. The Labute approximate surface area is 265 Å². The Morgan fingerprint density at radius 2 is 1.47 bits per heavy atom. The predicted molar refractivity (Wildman–Crippen MR) is 158 cm³/mol. The summed E-state index contributed by atoms with van der Waals surface area (Å²) in [7, 11) is -0.112. The summed E-state index contributed by atoms with van der Waals surface area (Å²) < 4.78 is 0. The third kappa shape index (κ3) is 7.63. The van der Waals surface area contributed by atoms with Crippen LogP contribution in [0.2, 0.25) is 13.1 Å². The van der Waals surface area contributed by atoms with E-state index in [-0.39, 0.29) is 65.2 Å². The fourth-order valence-corrected chi connectivity index (χ4v) is 6.75. The Kier molecular flexibility index (Phi) is 13.0. The molecular formula is C34H43Cl2SiZr. The summed E-state index contributed by atoms with van der Waals surface area (Å²) in [6.07, 6.45) is 3.77. The van der Waals surface area contributed by atoms with Crippen LogP contribution in [0.3, 0.4) is 0 Å². The number of fused-ring (bicyclic) bond motifs is 2. The average molecular weight is 642 g/mol. The second kappa shape index (κ2) is 14.1. The topological polar surface area (TPSA) is 0 Å². The summed E-state index contributed by atoms with van der Waals surface area (Å²) in [5.41, 5.74) is 15.1. The summed E-state index contributed by atoms with van der Waals surface area (Å²) in [5.74, 6) is 0. The van der Waals surface area contributed by atoms with E-state index in [1.54, 1.807) is 16.7 Å². The van der Waals surface area contributed by atoms with Gasteiger partial charge in [0.15, 0.2) is 0 Å². The number of halogens is 2. The van der Waals surface area contributed by atoms with Crippen molar-refractivity contribution in [1.29, 1.82) is 0 Å². The van der Waals surface area contributed by atoms with Crippen LogP contribution >= 0.6 is 0 Å². The molecule has 1 aliphatic rings. The summed E-state index contributed by atoms with van der Waals surface area (Å²) in [4.78, 5) is 0. The maximum absolute atomic E-state index is 2.43. The molecule has 0 saturated carbocycles. The van der Waals surface area contributed by atoms with Crippen molar-refractivity contribution in [3.63, 3.8) is 0 Å². The van der Waals surface area contributed by atoms with E-state index in [1.807, 2.05) is 0 Å². The molecule has 1 aliphatic carbocycles. The Morgan fingerprint density at radius 3 is 2.00 bits per heavy atom. The molecule has 0 saturated heterocycles. The van der Waals surface area contributed by atoms with Gasteiger partial charge in [-0.25, -0.2) is 0 Å². The molecular weight excluding hydrogens is 599 g/mol. The molecule has 0 heterocycles. The Balaban J connectivity index is 0.000000417. The molecule has 1 radical (unpaired) electrons. The van der Waals surface area contributed by atoms with E-state index in [9.17, 15) is 0 Å². The SMILES string of the molecule is Cc1[cH-]c(C[Si](C)C)c(C)c1C.Cc1cc2c(-c3ccc(C(C)(C)C)cc3)c3c(cc2[cH-]1)CCC3.[Cl-].[Cl-].[Zr+4]. The van der Waals surface area contributed by atoms with Crippen molar-refractivity contribution in [3.05, 3.63) is 93.0 Å². The third-order valence-electron chi connectivity index (χ3n) is 7.84. The zero-order valence-corrected chi connectivity index (χ0v) is 29.7. The molecule has 38 heavy (non-hydrogen) atoms. The Morgan fingerprint density at radius 1 is 0.842 bits per heavy atom. The van der Waals surface area contributed by atoms with Gasteiger partial charge in [0, 0.05) is 8.80 Å². The Bertz CT molecular complexity index is 1330. The van der Waals surface area contributed by atoms with Crippen molar-refractivity contribution >= 4 is 19.6 Å². The molecule has 0 fully saturated rings. The van der Waals surface area contributed by atoms with Crippen molar-refractivity contribution < 1.29 is 51.0 Å². The van der Waals surface area contributed by atoms with Crippen LogP contribution in [0.25, 0.3) is 21.9 Å². The Hall–Kier alpha value is -0.920. The van der Waals surface area contributed by atoms with Crippen LogP contribution in [0.1, 0.15) is 71.7 Å². The molecule has 0 unspecified atom stereocenters. The van der Waals surface area contributed by atoms with Crippen molar-refractivity contribution in [3.8, 4) is 11.1 Å². The van der Waals surface area contributed by atoms with Gasteiger partial charge in [0.1, 0.15) is 0 Å². The van der Waals surface area contributed by atoms with Gasteiger partial charge in [-0.15, -0.1) is 28.5 Å². The van der Waals surface area contributed by atoms with Gasteiger partial charge in [0.25, 0.3) is 0 Å². The average Bonchev–Trinajstić information content (AvgIpc) is 3.45. The number of rotatable bonds is 3. The van der Waals surface area contributed by atoms with Gasteiger partial charge >= 0.3 is 26.2 Å². The molecule has 4 heteroatoms. The van der Waals surface area contributed by atoms with E-state index in [0.29, 0.717) is 0 Å². The fraction of sp³-hybridized carbons (Fsp3) is 0.412. The fourth-order valence-electron chi connectivity index (χ4n) is 5.62. The first-order valence-electron chi connectivity index (χ1n) is 13.3. The van der Waals surface area contributed by atoms with Crippen LogP contribution in [0.4, 0.5) is 0 Å². The van der Waals surface area contributed by atoms with Gasteiger partial charge in [0.2, 0.25) is 0 Å². The molecule has 0 amide bonds. The van der Waals surface area contributed by atoms with Crippen LogP contribution in [-0.4, -0.2) is 8.80 Å². The van der Waals surface area contributed by atoms with E-state index >= 15 is 0 Å². The van der Waals surface area contributed by atoms with E-state index in [1.165, 1.54) is 75.0 Å². The van der Waals surface area contributed by atoms with E-state index in [0.717, 1.165) is 0 Å². The number of hydrogen-bond donors (Lipinski definition) is 0. The number of aryl methyl sites for hydroxylation is 3. The van der Waals surface area contributed by atoms with Crippen molar-refractivity contribution in [2.45, 2.75) is 92.3 Å². The largest absolute Gasteiger partial charge is 4.00 e. The van der Waals surface area contributed by atoms with Crippen LogP contribution < -0.4 is 24.8 Å². The van der Waals surface area contributed by atoms with Gasteiger partial charge < -0.3 is 24.8 Å². The minimum absolute atomic E-state index is 0. The smallest absolute Gasteiger partial charge is 1.00 e. The normalized spacial score (nSPS) is 12.3. The molecule has 0 aromatic heterocycles. The standard InChI is InChI=1S/C23H25.C11H18Si.2ClH.Zr/c1-15-12-18-14-17-6-5-7-20(17)22(21(18)13-15)16-8-10-19(11-9-16)23(2,3)4;1-8-6-11(7-12(4)5)10(3)9(8)2;;;/h8-14H,5-7H2,1-4H3;6H,7H2,1-5H3;2*1H;/q2*-1;;;+4/p-2. The first kappa shape index (κ1) is 35.1. The summed E-state index contributed by atoms with van der Waals surface area (Å²) in [6.45, 7) is 20.5. The molecule has 5 rings (SSSR count). The molecule has 0 atom stereocenters. The second-order valence-corrected chi connectivity index (χ2v) is 14.9. The van der Waals surface area contributed by atoms with Crippen molar-refractivity contribution in [2.24, 2.45) is 0 Å². The van der Waals surface area contributed by atoms with Crippen LogP contribution in [-0.2, 0) is 50.5 Å². The first-order valence-corrected chi connectivity index (χ1v) is 16.0. The minimum atomic E-state index is -0.112. The monoisotopic (exact) mass is 639 g/mol.